The summed E-state index contributed by atoms with van der Waals surface area (Å²) in [5.41, 5.74) is 0.900. The maximum absolute atomic E-state index is 10.0. The maximum atomic E-state index is 10.0. The standard InChI is InChI=1S/C12H19N3O/c16-12(11-4-13-14-5-11)8-15-6-9-2-1-3-10(9)7-15/h4-5,9-10,12,16H,1-3,6-8H2,(H,13,14)/t9-,10+,12?. The molecule has 2 heterocycles. The van der Waals surface area contributed by atoms with Crippen molar-refractivity contribution in [2.75, 3.05) is 19.6 Å². The maximum Gasteiger partial charge on any atom is 0.0947 e. The number of β-amino-alcohol motifs (C(OH)–C–C–N with tert-alkyl or cyclic N) is 1. The molecular formula is C12H19N3O. The van der Waals surface area contributed by atoms with E-state index in [-0.39, 0.29) is 0 Å². The van der Waals surface area contributed by atoms with Gasteiger partial charge in [0.15, 0.2) is 0 Å². The zero-order valence-corrected chi connectivity index (χ0v) is 9.47. The minimum absolute atomic E-state index is 0.391. The predicted octanol–water partition coefficient (Wildman–Crippen LogP) is 1.18. The van der Waals surface area contributed by atoms with E-state index in [0.717, 1.165) is 23.9 Å². The van der Waals surface area contributed by atoms with Crippen LogP contribution < -0.4 is 0 Å². The zero-order chi connectivity index (χ0) is 11.0. The zero-order valence-electron chi connectivity index (χ0n) is 9.47. The Morgan fingerprint density at radius 3 is 2.81 bits per heavy atom. The van der Waals surface area contributed by atoms with Crippen LogP contribution in [-0.2, 0) is 0 Å². The van der Waals surface area contributed by atoms with Crippen molar-refractivity contribution >= 4 is 0 Å². The third-order valence-electron chi connectivity index (χ3n) is 4.14. The summed E-state index contributed by atoms with van der Waals surface area (Å²) in [6.45, 7) is 3.12. The van der Waals surface area contributed by atoms with Crippen LogP contribution in [0.15, 0.2) is 12.4 Å². The van der Waals surface area contributed by atoms with Gasteiger partial charge in [0.1, 0.15) is 0 Å². The molecule has 0 bridgehead atoms. The molecule has 0 aromatic carbocycles. The van der Waals surface area contributed by atoms with Crippen LogP contribution in [0.4, 0.5) is 0 Å². The number of hydrogen-bond donors (Lipinski definition) is 2. The highest BCUT2D eigenvalue weighted by Crippen LogP contribution is 2.38. The monoisotopic (exact) mass is 221 g/mol. The molecule has 1 aliphatic carbocycles. The van der Waals surface area contributed by atoms with Gasteiger partial charge in [-0.25, -0.2) is 0 Å². The quantitative estimate of drug-likeness (QED) is 0.805. The highest BCUT2D eigenvalue weighted by molar-refractivity contribution is 5.07. The van der Waals surface area contributed by atoms with E-state index in [9.17, 15) is 5.11 Å². The van der Waals surface area contributed by atoms with Crippen LogP contribution in [-0.4, -0.2) is 39.8 Å². The van der Waals surface area contributed by atoms with Crippen molar-refractivity contribution in [3.8, 4) is 0 Å². The van der Waals surface area contributed by atoms with Gasteiger partial charge >= 0.3 is 0 Å². The Balaban J connectivity index is 1.56. The average Bonchev–Trinajstić information content (AvgIpc) is 2.91. The molecule has 2 N–H and O–H groups in total. The first kappa shape index (κ1) is 10.3. The summed E-state index contributed by atoms with van der Waals surface area (Å²) in [7, 11) is 0. The van der Waals surface area contributed by atoms with Gasteiger partial charge in [-0.2, -0.15) is 5.10 Å². The van der Waals surface area contributed by atoms with Crippen LogP contribution in [0.5, 0.6) is 0 Å². The van der Waals surface area contributed by atoms with Crippen LogP contribution in [0.1, 0.15) is 30.9 Å². The fourth-order valence-electron chi connectivity index (χ4n) is 3.27. The van der Waals surface area contributed by atoms with E-state index in [1.54, 1.807) is 12.4 Å². The van der Waals surface area contributed by atoms with E-state index in [0.29, 0.717) is 0 Å². The van der Waals surface area contributed by atoms with E-state index in [2.05, 4.69) is 15.1 Å². The number of aliphatic hydroxyl groups is 1. The number of nitrogens with zero attached hydrogens (tertiary/aromatic N) is 2. The summed E-state index contributed by atoms with van der Waals surface area (Å²) < 4.78 is 0. The lowest BCUT2D eigenvalue weighted by Gasteiger charge is -2.19. The molecule has 4 nitrogen and oxygen atoms in total. The van der Waals surface area contributed by atoms with Gasteiger partial charge < -0.3 is 5.11 Å². The minimum Gasteiger partial charge on any atom is -0.387 e. The normalized spacial score (nSPS) is 31.8. The molecule has 1 saturated heterocycles. The Hall–Kier alpha value is -0.870. The average molecular weight is 221 g/mol. The van der Waals surface area contributed by atoms with Crippen molar-refractivity contribution in [3.05, 3.63) is 18.0 Å². The molecule has 1 saturated carbocycles. The van der Waals surface area contributed by atoms with Crippen molar-refractivity contribution in [2.24, 2.45) is 11.8 Å². The molecule has 3 atom stereocenters. The SMILES string of the molecule is OC(CN1C[C@H]2CCC[C@H]2C1)c1cn[nH]c1. The van der Waals surface area contributed by atoms with Gasteiger partial charge in [0.05, 0.1) is 12.3 Å². The summed E-state index contributed by atoms with van der Waals surface area (Å²) in [4.78, 5) is 2.41. The third kappa shape index (κ3) is 1.87. The predicted molar refractivity (Wildman–Crippen MR) is 60.8 cm³/mol. The molecule has 1 aliphatic heterocycles. The summed E-state index contributed by atoms with van der Waals surface area (Å²) in [6.07, 6.45) is 7.29. The Labute approximate surface area is 95.7 Å². The number of fused-ring (bicyclic) bond motifs is 1. The van der Waals surface area contributed by atoms with Crippen LogP contribution in [0.3, 0.4) is 0 Å². The molecular weight excluding hydrogens is 202 g/mol. The molecule has 88 valence electrons. The molecule has 2 aliphatic rings. The fraction of sp³-hybridized carbons (Fsp3) is 0.750. The Bertz CT molecular complexity index is 326. The Morgan fingerprint density at radius 1 is 1.44 bits per heavy atom. The van der Waals surface area contributed by atoms with Crippen LogP contribution in [0.2, 0.25) is 0 Å². The van der Waals surface area contributed by atoms with Crippen molar-refractivity contribution < 1.29 is 5.11 Å². The molecule has 0 spiro atoms. The second-order valence-electron chi connectivity index (χ2n) is 5.22. The number of nitrogens with one attached hydrogen (secondary N) is 1. The van der Waals surface area contributed by atoms with Crippen molar-refractivity contribution in [1.82, 2.24) is 15.1 Å². The third-order valence-corrected chi connectivity index (χ3v) is 4.14. The first-order valence-corrected chi connectivity index (χ1v) is 6.22. The van der Waals surface area contributed by atoms with Gasteiger partial charge in [-0.15, -0.1) is 0 Å². The highest BCUT2D eigenvalue weighted by Gasteiger charge is 2.36. The molecule has 1 aromatic rings. The van der Waals surface area contributed by atoms with Gasteiger partial charge in [0.25, 0.3) is 0 Å². The van der Waals surface area contributed by atoms with Crippen LogP contribution in [0, 0.1) is 11.8 Å². The molecule has 1 aromatic heterocycles. The molecule has 1 unspecified atom stereocenters. The lowest BCUT2D eigenvalue weighted by Crippen LogP contribution is -2.27. The Morgan fingerprint density at radius 2 is 2.19 bits per heavy atom. The lowest BCUT2D eigenvalue weighted by molar-refractivity contribution is 0.122. The largest absolute Gasteiger partial charge is 0.387 e. The molecule has 0 radical (unpaired) electrons. The number of H-pyrrole nitrogens is 1. The molecule has 3 rings (SSSR count). The molecule has 0 amide bonds. The summed E-state index contributed by atoms with van der Waals surface area (Å²) in [6, 6.07) is 0. The number of rotatable bonds is 3. The van der Waals surface area contributed by atoms with E-state index < -0.39 is 6.10 Å². The number of aliphatic hydroxyl groups excluding tert-OH is 1. The topological polar surface area (TPSA) is 52.1 Å². The van der Waals surface area contributed by atoms with Gasteiger partial charge in [0.2, 0.25) is 0 Å². The van der Waals surface area contributed by atoms with Gasteiger partial charge in [-0.05, 0) is 24.7 Å². The molecule has 2 fully saturated rings. The van der Waals surface area contributed by atoms with Crippen molar-refractivity contribution in [2.45, 2.75) is 25.4 Å². The summed E-state index contributed by atoms with van der Waals surface area (Å²) in [5, 5.41) is 16.6. The molecule has 4 heteroatoms. The van der Waals surface area contributed by atoms with E-state index in [1.165, 1.54) is 32.4 Å². The van der Waals surface area contributed by atoms with E-state index in [4.69, 9.17) is 0 Å². The number of aromatic amines is 1. The van der Waals surface area contributed by atoms with E-state index >= 15 is 0 Å². The smallest absolute Gasteiger partial charge is 0.0947 e. The molecule has 16 heavy (non-hydrogen) atoms. The van der Waals surface area contributed by atoms with Crippen molar-refractivity contribution in [3.63, 3.8) is 0 Å². The summed E-state index contributed by atoms with van der Waals surface area (Å²) >= 11 is 0. The van der Waals surface area contributed by atoms with E-state index in [1.807, 2.05) is 0 Å². The summed E-state index contributed by atoms with van der Waals surface area (Å²) in [5.74, 6) is 1.80. The van der Waals surface area contributed by atoms with Crippen LogP contribution >= 0.6 is 0 Å². The van der Waals surface area contributed by atoms with Crippen LogP contribution in [0.25, 0.3) is 0 Å². The number of likely N-dealkylation sites (tertiary alicyclic amines) is 1. The second kappa shape index (κ2) is 4.18. The minimum atomic E-state index is -0.391. The first-order valence-electron chi connectivity index (χ1n) is 6.22. The Kier molecular flexibility index (Phi) is 2.69. The van der Waals surface area contributed by atoms with Gasteiger partial charge in [-0.1, -0.05) is 6.42 Å². The van der Waals surface area contributed by atoms with Crippen molar-refractivity contribution in [1.29, 1.82) is 0 Å². The highest BCUT2D eigenvalue weighted by atomic mass is 16.3. The van der Waals surface area contributed by atoms with Gasteiger partial charge in [-0.3, -0.25) is 10.00 Å². The first-order chi connectivity index (χ1) is 7.83. The second-order valence-corrected chi connectivity index (χ2v) is 5.22. The number of aromatic nitrogens is 2. The fourth-order valence-corrected chi connectivity index (χ4v) is 3.27. The number of hydrogen-bond acceptors (Lipinski definition) is 3. The van der Waals surface area contributed by atoms with Gasteiger partial charge in [0, 0.05) is 31.4 Å². The lowest BCUT2D eigenvalue weighted by atomic mass is 10.0.